The molecule has 2 rings (SSSR count). The zero-order valence-corrected chi connectivity index (χ0v) is 12.3. The van der Waals surface area contributed by atoms with Crippen LogP contribution in [0.5, 0.6) is 0 Å². The zero-order valence-electron chi connectivity index (χ0n) is 11.5. The van der Waals surface area contributed by atoms with E-state index >= 15 is 0 Å². The molecule has 1 saturated heterocycles. The fraction of sp³-hybridized carbons (Fsp3) is 0.750. The molecule has 19 heavy (non-hydrogen) atoms. The standard InChI is InChI=1S/C12H21N3O3S/c1-9(2)15-7-12(4-13-15)19(17,18)14-5-10(3)11(6-14)8-16/h4,7,9-11,16H,5-6,8H2,1-3H3/t10-,11+/m1/s1. The number of hydrogen-bond donors (Lipinski definition) is 1. The Hall–Kier alpha value is -0.920. The van der Waals surface area contributed by atoms with Gasteiger partial charge < -0.3 is 5.11 Å². The van der Waals surface area contributed by atoms with Crippen molar-refractivity contribution in [2.75, 3.05) is 19.7 Å². The third-order valence-electron chi connectivity index (χ3n) is 3.71. The van der Waals surface area contributed by atoms with E-state index in [9.17, 15) is 13.5 Å². The molecule has 1 aromatic rings. The summed E-state index contributed by atoms with van der Waals surface area (Å²) in [7, 11) is -3.49. The van der Waals surface area contributed by atoms with E-state index in [4.69, 9.17) is 0 Å². The molecule has 1 N–H and O–H groups in total. The number of aliphatic hydroxyl groups is 1. The van der Waals surface area contributed by atoms with Gasteiger partial charge in [-0.3, -0.25) is 4.68 Å². The lowest BCUT2D eigenvalue weighted by Gasteiger charge is -2.14. The van der Waals surface area contributed by atoms with Crippen molar-refractivity contribution >= 4 is 10.0 Å². The summed E-state index contributed by atoms with van der Waals surface area (Å²) in [4.78, 5) is 0.229. The first kappa shape index (κ1) is 14.5. The van der Waals surface area contributed by atoms with Crippen LogP contribution in [0.3, 0.4) is 0 Å². The summed E-state index contributed by atoms with van der Waals surface area (Å²) < 4.78 is 28.0. The molecule has 108 valence electrons. The van der Waals surface area contributed by atoms with E-state index in [1.807, 2.05) is 20.8 Å². The molecule has 0 radical (unpaired) electrons. The summed E-state index contributed by atoms with van der Waals surface area (Å²) >= 11 is 0. The van der Waals surface area contributed by atoms with Crippen LogP contribution in [-0.2, 0) is 10.0 Å². The highest BCUT2D eigenvalue weighted by Gasteiger charge is 2.37. The summed E-state index contributed by atoms with van der Waals surface area (Å²) in [5.74, 6) is 0.204. The van der Waals surface area contributed by atoms with Gasteiger partial charge in [0.05, 0.1) is 6.20 Å². The van der Waals surface area contributed by atoms with Crippen molar-refractivity contribution < 1.29 is 13.5 Å². The molecule has 0 aliphatic carbocycles. The van der Waals surface area contributed by atoms with Gasteiger partial charge in [0.2, 0.25) is 10.0 Å². The van der Waals surface area contributed by atoms with E-state index in [-0.39, 0.29) is 29.4 Å². The van der Waals surface area contributed by atoms with Gasteiger partial charge in [0.25, 0.3) is 0 Å². The van der Waals surface area contributed by atoms with Gasteiger partial charge in [-0.25, -0.2) is 8.42 Å². The maximum atomic E-state index is 12.5. The molecule has 7 heteroatoms. The van der Waals surface area contributed by atoms with Crippen molar-refractivity contribution in [1.82, 2.24) is 14.1 Å². The van der Waals surface area contributed by atoms with Crippen molar-refractivity contribution in [2.45, 2.75) is 31.7 Å². The average molecular weight is 287 g/mol. The van der Waals surface area contributed by atoms with Crippen LogP contribution in [0.2, 0.25) is 0 Å². The minimum absolute atomic E-state index is 0.0231. The highest BCUT2D eigenvalue weighted by molar-refractivity contribution is 7.89. The van der Waals surface area contributed by atoms with Gasteiger partial charge in [-0.15, -0.1) is 0 Å². The Morgan fingerprint density at radius 3 is 2.63 bits per heavy atom. The minimum Gasteiger partial charge on any atom is -0.396 e. The van der Waals surface area contributed by atoms with E-state index in [1.54, 1.807) is 10.9 Å². The number of hydrogen-bond acceptors (Lipinski definition) is 4. The largest absolute Gasteiger partial charge is 0.396 e. The van der Waals surface area contributed by atoms with Gasteiger partial charge in [-0.1, -0.05) is 6.92 Å². The first-order valence-electron chi connectivity index (χ1n) is 6.51. The molecule has 1 aliphatic rings. The second kappa shape index (κ2) is 5.22. The van der Waals surface area contributed by atoms with Crippen molar-refractivity contribution in [1.29, 1.82) is 0 Å². The van der Waals surface area contributed by atoms with Crippen LogP contribution in [0, 0.1) is 11.8 Å². The average Bonchev–Trinajstić information content (AvgIpc) is 2.95. The number of sulfonamides is 1. The molecule has 6 nitrogen and oxygen atoms in total. The van der Waals surface area contributed by atoms with Gasteiger partial charge in [0, 0.05) is 31.9 Å². The van der Waals surface area contributed by atoms with Crippen LogP contribution >= 0.6 is 0 Å². The fourth-order valence-electron chi connectivity index (χ4n) is 2.31. The molecular formula is C12H21N3O3S. The molecule has 0 aromatic carbocycles. The monoisotopic (exact) mass is 287 g/mol. The molecule has 0 amide bonds. The SMILES string of the molecule is CC(C)n1cc(S(=O)(=O)N2C[C@@H](CO)[C@H](C)C2)cn1. The number of aromatic nitrogens is 2. The van der Waals surface area contributed by atoms with Gasteiger partial charge in [-0.05, 0) is 25.7 Å². The third-order valence-corrected chi connectivity index (χ3v) is 5.50. The number of rotatable bonds is 4. The Kier molecular flexibility index (Phi) is 3.98. The van der Waals surface area contributed by atoms with Crippen LogP contribution in [0.4, 0.5) is 0 Å². The predicted octanol–water partition coefficient (Wildman–Crippen LogP) is 0.713. The van der Waals surface area contributed by atoms with Crippen LogP contribution in [0.15, 0.2) is 17.3 Å². The maximum absolute atomic E-state index is 12.5. The first-order chi connectivity index (χ1) is 8.86. The smallest absolute Gasteiger partial charge is 0.246 e. The Morgan fingerprint density at radius 1 is 1.47 bits per heavy atom. The van der Waals surface area contributed by atoms with Gasteiger partial charge in [0.15, 0.2) is 0 Å². The third kappa shape index (κ3) is 2.68. The second-order valence-corrected chi connectivity index (χ2v) is 7.43. The Bertz CT molecular complexity index is 538. The van der Waals surface area contributed by atoms with Crippen molar-refractivity contribution in [3.05, 3.63) is 12.4 Å². The molecule has 0 spiro atoms. The number of nitrogens with zero attached hydrogens (tertiary/aromatic N) is 3. The van der Waals surface area contributed by atoms with Crippen molar-refractivity contribution in [3.8, 4) is 0 Å². The lowest BCUT2D eigenvalue weighted by molar-refractivity contribution is 0.210. The molecule has 0 unspecified atom stereocenters. The van der Waals surface area contributed by atoms with Gasteiger partial charge in [-0.2, -0.15) is 9.40 Å². The maximum Gasteiger partial charge on any atom is 0.246 e. The lowest BCUT2D eigenvalue weighted by Crippen LogP contribution is -2.29. The predicted molar refractivity (Wildman–Crippen MR) is 71.1 cm³/mol. The highest BCUT2D eigenvalue weighted by atomic mass is 32.2. The Balaban J connectivity index is 2.23. The van der Waals surface area contributed by atoms with Crippen molar-refractivity contribution in [3.63, 3.8) is 0 Å². The number of aliphatic hydroxyl groups excluding tert-OH is 1. The zero-order chi connectivity index (χ0) is 14.2. The highest BCUT2D eigenvalue weighted by Crippen LogP contribution is 2.28. The summed E-state index contributed by atoms with van der Waals surface area (Å²) in [5, 5.41) is 13.3. The quantitative estimate of drug-likeness (QED) is 0.885. The van der Waals surface area contributed by atoms with E-state index in [1.165, 1.54) is 10.5 Å². The van der Waals surface area contributed by atoms with Crippen LogP contribution in [0.1, 0.15) is 26.8 Å². The normalized spacial score (nSPS) is 25.3. The second-order valence-electron chi connectivity index (χ2n) is 5.49. The van der Waals surface area contributed by atoms with Crippen LogP contribution in [0.25, 0.3) is 0 Å². The fourth-order valence-corrected chi connectivity index (χ4v) is 3.84. The molecule has 0 saturated carbocycles. The molecular weight excluding hydrogens is 266 g/mol. The van der Waals surface area contributed by atoms with Crippen LogP contribution < -0.4 is 0 Å². The summed E-state index contributed by atoms with van der Waals surface area (Å²) in [6, 6.07) is 0.131. The van der Waals surface area contributed by atoms with E-state index in [0.717, 1.165) is 0 Å². The topological polar surface area (TPSA) is 75.4 Å². The molecule has 0 bridgehead atoms. The molecule has 1 fully saturated rings. The Labute approximate surface area is 114 Å². The van der Waals surface area contributed by atoms with E-state index in [2.05, 4.69) is 5.10 Å². The summed E-state index contributed by atoms with van der Waals surface area (Å²) in [6.07, 6.45) is 2.96. The van der Waals surface area contributed by atoms with Crippen molar-refractivity contribution in [2.24, 2.45) is 11.8 Å². The minimum atomic E-state index is -3.49. The van der Waals surface area contributed by atoms with Gasteiger partial charge >= 0.3 is 0 Å². The van der Waals surface area contributed by atoms with Crippen LogP contribution in [-0.4, -0.2) is 47.3 Å². The van der Waals surface area contributed by atoms with Gasteiger partial charge in [0.1, 0.15) is 4.90 Å². The molecule has 1 aromatic heterocycles. The van der Waals surface area contributed by atoms with E-state index in [0.29, 0.717) is 13.1 Å². The molecule has 1 aliphatic heterocycles. The molecule has 2 heterocycles. The lowest BCUT2D eigenvalue weighted by atomic mass is 10.00. The van der Waals surface area contributed by atoms with E-state index < -0.39 is 10.0 Å². The Morgan fingerprint density at radius 2 is 2.16 bits per heavy atom. The molecule has 2 atom stereocenters. The summed E-state index contributed by atoms with van der Waals surface area (Å²) in [6.45, 7) is 6.73. The first-order valence-corrected chi connectivity index (χ1v) is 7.95. The summed E-state index contributed by atoms with van der Waals surface area (Å²) in [5.41, 5.74) is 0.